The van der Waals surface area contributed by atoms with Crippen molar-refractivity contribution >= 4 is 17.7 Å². The molecule has 98 valence electrons. The van der Waals surface area contributed by atoms with Crippen LogP contribution in [0.2, 0.25) is 0 Å². The van der Waals surface area contributed by atoms with E-state index in [0.29, 0.717) is 21.4 Å². The van der Waals surface area contributed by atoms with E-state index in [4.69, 9.17) is 0 Å². The number of hydrogen-bond acceptors (Lipinski definition) is 6. The molecule has 6 nitrogen and oxygen atoms in total. The lowest BCUT2D eigenvalue weighted by Gasteiger charge is -2.08. The highest BCUT2D eigenvalue weighted by Gasteiger charge is 2.19. The summed E-state index contributed by atoms with van der Waals surface area (Å²) in [5, 5.41) is 17.9. The van der Waals surface area contributed by atoms with E-state index in [2.05, 4.69) is 20.2 Å². The van der Waals surface area contributed by atoms with Crippen molar-refractivity contribution in [2.24, 2.45) is 0 Å². The van der Waals surface area contributed by atoms with Crippen LogP contribution < -0.4 is 0 Å². The summed E-state index contributed by atoms with van der Waals surface area (Å²) in [4.78, 5) is 19.6. The van der Waals surface area contributed by atoms with Crippen LogP contribution in [-0.4, -0.2) is 31.2 Å². The number of rotatable bonds is 3. The Morgan fingerprint density at radius 3 is 2.63 bits per heavy atom. The molecule has 0 spiro atoms. The van der Waals surface area contributed by atoms with Gasteiger partial charge in [-0.2, -0.15) is 5.10 Å². The van der Waals surface area contributed by atoms with E-state index in [1.807, 2.05) is 6.92 Å². The number of carbonyl (C=O) groups is 1. The molecule has 0 atom stereocenters. The molecule has 19 heavy (non-hydrogen) atoms. The Bertz CT molecular complexity index is 646. The molecule has 2 heterocycles. The first-order valence-corrected chi connectivity index (χ1v) is 6.35. The molecule has 0 aliphatic rings. The van der Waals surface area contributed by atoms with E-state index >= 15 is 0 Å². The molecule has 1 N–H and O–H groups in total. The molecular formula is C12H12N4O2S. The molecule has 7 heteroatoms. The Morgan fingerprint density at radius 2 is 2.00 bits per heavy atom. The summed E-state index contributed by atoms with van der Waals surface area (Å²) in [6, 6.07) is 1.77. The Balaban J connectivity index is 2.46. The highest BCUT2D eigenvalue weighted by atomic mass is 32.2. The van der Waals surface area contributed by atoms with Crippen molar-refractivity contribution in [1.29, 1.82) is 0 Å². The maximum atomic E-state index is 11.3. The van der Waals surface area contributed by atoms with E-state index in [1.165, 1.54) is 0 Å². The van der Waals surface area contributed by atoms with Crippen LogP contribution in [0, 0.1) is 20.8 Å². The zero-order valence-corrected chi connectivity index (χ0v) is 11.5. The zero-order chi connectivity index (χ0) is 14.0. The number of nitrogens with zero attached hydrogens (tertiary/aromatic N) is 4. The lowest BCUT2D eigenvalue weighted by atomic mass is 10.1. The van der Waals surface area contributed by atoms with Gasteiger partial charge in [0.1, 0.15) is 5.03 Å². The molecule has 2 aromatic heterocycles. The maximum Gasteiger partial charge on any atom is 0.338 e. The molecule has 0 saturated carbocycles. The summed E-state index contributed by atoms with van der Waals surface area (Å²) in [6.45, 7) is 5.29. The van der Waals surface area contributed by atoms with Gasteiger partial charge in [-0.1, -0.05) is 0 Å². The van der Waals surface area contributed by atoms with E-state index in [1.54, 1.807) is 26.1 Å². The lowest BCUT2D eigenvalue weighted by molar-refractivity contribution is 0.0690. The van der Waals surface area contributed by atoms with Crippen LogP contribution in [0.5, 0.6) is 0 Å². The standard InChI is InChI=1S/C12H12N4O2S/c1-6-4-5-13-12(14-6)19-10-9(11(17)18)7(2)8(3)15-16-10/h4-5H,1-3H3,(H,17,18). The molecule has 2 aromatic rings. The molecular weight excluding hydrogens is 264 g/mol. The fraction of sp³-hybridized carbons (Fsp3) is 0.250. The fourth-order valence-corrected chi connectivity index (χ4v) is 2.37. The average molecular weight is 276 g/mol. The predicted octanol–water partition coefficient (Wildman–Crippen LogP) is 2.04. The van der Waals surface area contributed by atoms with Crippen molar-refractivity contribution in [3.63, 3.8) is 0 Å². The first kappa shape index (κ1) is 13.4. The lowest BCUT2D eigenvalue weighted by Crippen LogP contribution is -2.08. The third-order valence-electron chi connectivity index (χ3n) is 2.60. The summed E-state index contributed by atoms with van der Waals surface area (Å²) in [7, 11) is 0. The van der Waals surface area contributed by atoms with Crippen LogP contribution in [-0.2, 0) is 0 Å². The molecule has 0 fully saturated rings. The minimum atomic E-state index is -1.02. The molecule has 0 amide bonds. The number of aromatic nitrogens is 4. The van der Waals surface area contributed by atoms with E-state index in [9.17, 15) is 9.90 Å². The van der Waals surface area contributed by atoms with Crippen molar-refractivity contribution in [3.8, 4) is 0 Å². The van der Waals surface area contributed by atoms with E-state index in [-0.39, 0.29) is 5.56 Å². The normalized spacial score (nSPS) is 10.5. The van der Waals surface area contributed by atoms with E-state index in [0.717, 1.165) is 17.5 Å². The van der Waals surface area contributed by atoms with Gasteiger partial charge in [0, 0.05) is 11.9 Å². The first-order chi connectivity index (χ1) is 8.99. The van der Waals surface area contributed by atoms with Gasteiger partial charge in [0.15, 0.2) is 5.16 Å². The van der Waals surface area contributed by atoms with Crippen molar-refractivity contribution < 1.29 is 9.90 Å². The van der Waals surface area contributed by atoms with Crippen LogP contribution in [0.1, 0.15) is 27.3 Å². The number of carboxylic acid groups (broad SMARTS) is 1. The monoisotopic (exact) mass is 276 g/mol. The second-order valence-corrected chi connectivity index (χ2v) is 4.93. The summed E-state index contributed by atoms with van der Waals surface area (Å²) in [5.41, 5.74) is 2.18. The van der Waals surface area contributed by atoms with Crippen molar-refractivity contribution in [2.45, 2.75) is 31.0 Å². The third-order valence-corrected chi connectivity index (χ3v) is 3.46. The topological polar surface area (TPSA) is 88.9 Å². The van der Waals surface area contributed by atoms with Crippen LogP contribution in [0.25, 0.3) is 0 Å². The van der Waals surface area contributed by atoms with Gasteiger partial charge in [-0.3, -0.25) is 0 Å². The summed E-state index contributed by atoms with van der Waals surface area (Å²) >= 11 is 1.10. The summed E-state index contributed by atoms with van der Waals surface area (Å²) in [5.74, 6) is -1.02. The van der Waals surface area contributed by atoms with Crippen molar-refractivity contribution in [3.05, 3.63) is 34.8 Å². The molecule has 0 aromatic carbocycles. The molecule has 0 aliphatic carbocycles. The first-order valence-electron chi connectivity index (χ1n) is 5.53. The largest absolute Gasteiger partial charge is 0.478 e. The summed E-state index contributed by atoms with van der Waals surface area (Å²) in [6.07, 6.45) is 1.62. The number of carboxylic acids is 1. The zero-order valence-electron chi connectivity index (χ0n) is 10.7. The van der Waals surface area contributed by atoms with E-state index < -0.39 is 5.97 Å². The number of hydrogen-bond donors (Lipinski definition) is 1. The molecule has 0 saturated heterocycles. The van der Waals surface area contributed by atoms with Crippen molar-refractivity contribution in [2.75, 3.05) is 0 Å². The van der Waals surface area contributed by atoms with Gasteiger partial charge < -0.3 is 5.11 Å². The Labute approximate surface area is 114 Å². The van der Waals surface area contributed by atoms with Gasteiger partial charge in [-0.15, -0.1) is 5.10 Å². The van der Waals surface area contributed by atoms with Crippen molar-refractivity contribution in [1.82, 2.24) is 20.2 Å². The van der Waals surface area contributed by atoms with Gasteiger partial charge in [0.25, 0.3) is 0 Å². The van der Waals surface area contributed by atoms with Gasteiger partial charge in [-0.05, 0) is 44.2 Å². The Kier molecular flexibility index (Phi) is 3.75. The van der Waals surface area contributed by atoms with Crippen LogP contribution >= 0.6 is 11.8 Å². The molecule has 0 radical (unpaired) electrons. The third kappa shape index (κ3) is 2.87. The van der Waals surface area contributed by atoms with Gasteiger partial charge in [0.2, 0.25) is 0 Å². The molecule has 0 unspecified atom stereocenters. The van der Waals surface area contributed by atoms with Crippen LogP contribution in [0.15, 0.2) is 22.4 Å². The molecule has 0 aliphatic heterocycles. The predicted molar refractivity (Wildman–Crippen MR) is 69.4 cm³/mol. The minimum absolute atomic E-state index is 0.155. The number of aromatic carboxylic acids is 1. The fourth-order valence-electron chi connectivity index (χ4n) is 1.47. The Morgan fingerprint density at radius 1 is 1.26 bits per heavy atom. The second-order valence-electron chi connectivity index (χ2n) is 3.98. The highest BCUT2D eigenvalue weighted by molar-refractivity contribution is 7.99. The highest BCUT2D eigenvalue weighted by Crippen LogP contribution is 2.28. The smallest absolute Gasteiger partial charge is 0.338 e. The molecule has 0 bridgehead atoms. The minimum Gasteiger partial charge on any atom is -0.478 e. The van der Waals surface area contributed by atoms with Crippen LogP contribution in [0.3, 0.4) is 0 Å². The van der Waals surface area contributed by atoms with Gasteiger partial charge in [-0.25, -0.2) is 14.8 Å². The number of aryl methyl sites for hydroxylation is 2. The van der Waals surface area contributed by atoms with Gasteiger partial charge in [0.05, 0.1) is 11.3 Å². The van der Waals surface area contributed by atoms with Crippen LogP contribution in [0.4, 0.5) is 0 Å². The molecule has 2 rings (SSSR count). The Hall–Kier alpha value is -2.02. The second kappa shape index (κ2) is 5.31. The van der Waals surface area contributed by atoms with Gasteiger partial charge >= 0.3 is 5.97 Å². The average Bonchev–Trinajstić information content (AvgIpc) is 2.33. The summed E-state index contributed by atoms with van der Waals surface area (Å²) < 4.78 is 0. The quantitative estimate of drug-likeness (QED) is 0.858. The SMILES string of the molecule is Cc1ccnc(Sc2nnc(C)c(C)c2C(=O)O)n1. The maximum absolute atomic E-state index is 11.3.